The van der Waals surface area contributed by atoms with Gasteiger partial charge in [0.15, 0.2) is 0 Å². The Bertz CT molecular complexity index is 1410. The van der Waals surface area contributed by atoms with Crippen LogP contribution in [0, 0.1) is 37.2 Å². The van der Waals surface area contributed by atoms with Gasteiger partial charge in [0.2, 0.25) is 0 Å². The average Bonchev–Trinajstić information content (AvgIpc) is 3.02. The zero-order valence-corrected chi connectivity index (χ0v) is 28.7. The molecule has 0 amide bonds. The molecule has 0 aliphatic carbocycles. The summed E-state index contributed by atoms with van der Waals surface area (Å²) in [6.45, 7) is 1.68. The Morgan fingerprint density at radius 1 is 0.558 bits per heavy atom. The topological polar surface area (TPSA) is 60.0 Å². The quantitative estimate of drug-likeness (QED) is 0.105. The third-order valence-corrected chi connectivity index (χ3v) is 6.95. The summed E-state index contributed by atoms with van der Waals surface area (Å²) in [7, 11) is 4.15. The first-order valence-corrected chi connectivity index (χ1v) is 14.0. The van der Waals surface area contributed by atoms with Crippen LogP contribution in [-0.2, 0) is 11.3 Å². The summed E-state index contributed by atoms with van der Waals surface area (Å²) in [6, 6.07) is 44.3. The maximum atomic E-state index is 9.66. The molecule has 5 aromatic rings. The molecule has 0 aliphatic heterocycles. The first-order valence-electron chi connectivity index (χ1n) is 14.0. The number of phenolic OH excluding ortho intramolecular Hbond substituents is 1. The largest absolute Gasteiger partial charge is 0.542 e. The normalized spacial score (nSPS) is 10.6. The van der Waals surface area contributed by atoms with E-state index >= 15 is 0 Å². The van der Waals surface area contributed by atoms with Gasteiger partial charge in [-0.3, -0.25) is 0 Å². The minimum atomic E-state index is 0. The predicted octanol–water partition coefficient (Wildman–Crippen LogP) is 8.20. The summed E-state index contributed by atoms with van der Waals surface area (Å²) in [5, 5.41) is 16.5. The van der Waals surface area contributed by atoms with E-state index in [1.54, 1.807) is 12.1 Å². The second-order valence-corrected chi connectivity index (χ2v) is 10.3. The maximum absolute atomic E-state index is 9.66. The van der Waals surface area contributed by atoms with E-state index in [9.17, 15) is 5.11 Å². The summed E-state index contributed by atoms with van der Waals surface area (Å²) < 4.78 is 6.38. The van der Waals surface area contributed by atoms with Crippen LogP contribution >= 0.6 is 0 Å². The Morgan fingerprint density at radius 2 is 0.953 bits per heavy atom. The van der Waals surface area contributed by atoms with Crippen LogP contribution in [0.2, 0.25) is 0 Å². The first kappa shape index (κ1) is 32.0. The van der Waals surface area contributed by atoms with Gasteiger partial charge in [0, 0.05) is 85.9 Å². The van der Waals surface area contributed by atoms with E-state index in [0.29, 0.717) is 19.7 Å². The number of hydrogen-bond acceptors (Lipinski definition) is 6. The number of para-hydroxylation sites is 2. The molecule has 3 N–H and O–H groups in total. The van der Waals surface area contributed by atoms with Crippen molar-refractivity contribution in [1.82, 2.24) is 0 Å². The number of phenols is 1. The van der Waals surface area contributed by atoms with Crippen molar-refractivity contribution >= 4 is 34.1 Å². The fourth-order valence-electron chi connectivity index (χ4n) is 4.61. The zero-order chi connectivity index (χ0) is 29.1. The molecular formula is C36H37N4O2U-. The zero-order valence-electron chi connectivity index (χ0n) is 24.6. The number of aromatic hydroxyl groups is 1. The fourth-order valence-corrected chi connectivity index (χ4v) is 4.61. The fraction of sp³-hybridized carbons (Fsp3) is 0.139. The van der Waals surface area contributed by atoms with Gasteiger partial charge in [-0.05, 0) is 90.5 Å². The third kappa shape index (κ3) is 9.83. The second kappa shape index (κ2) is 16.1. The van der Waals surface area contributed by atoms with Crippen molar-refractivity contribution in [1.29, 1.82) is 0 Å². The van der Waals surface area contributed by atoms with E-state index < -0.39 is 0 Å². The monoisotopic (exact) mass is 795 g/mol. The Morgan fingerprint density at radius 3 is 1.37 bits per heavy atom. The van der Waals surface area contributed by atoms with Gasteiger partial charge in [-0.2, -0.15) is 6.10 Å². The molecule has 0 heterocycles. The van der Waals surface area contributed by atoms with Crippen LogP contribution < -0.4 is 20.4 Å². The van der Waals surface area contributed by atoms with Crippen molar-refractivity contribution in [2.75, 3.05) is 47.6 Å². The van der Waals surface area contributed by atoms with Gasteiger partial charge in [-0.1, -0.05) is 61.6 Å². The van der Waals surface area contributed by atoms with Crippen molar-refractivity contribution in [2.24, 2.45) is 0 Å². The Labute approximate surface area is 278 Å². The van der Waals surface area contributed by atoms with E-state index in [1.165, 1.54) is 0 Å². The number of nitrogens with one attached hydrogen (secondary N) is 2. The van der Waals surface area contributed by atoms with Crippen LogP contribution in [0.1, 0.15) is 5.56 Å². The number of hydrogen-bond donors (Lipinski definition) is 3. The number of benzene rings is 5. The van der Waals surface area contributed by atoms with E-state index in [0.717, 1.165) is 45.8 Å². The molecule has 7 heteroatoms. The molecule has 0 aromatic heterocycles. The van der Waals surface area contributed by atoms with Gasteiger partial charge in [-0.25, -0.2) is 0 Å². The number of nitrogens with zero attached hydrogens (tertiary/aromatic N) is 2. The second-order valence-electron chi connectivity index (χ2n) is 10.3. The molecule has 5 rings (SSSR count). The summed E-state index contributed by atoms with van der Waals surface area (Å²) >= 11 is 0. The summed E-state index contributed by atoms with van der Waals surface area (Å²) in [5.74, 6) is 0.248. The number of ether oxygens (including phenoxy) is 1. The van der Waals surface area contributed by atoms with Gasteiger partial charge >= 0.3 is 0 Å². The number of likely N-dealkylation sites (N-methyl/N-ethyl adjacent to an activating group) is 2. The molecule has 5 aromatic carbocycles. The first-order chi connectivity index (χ1) is 20.5. The van der Waals surface area contributed by atoms with Crippen molar-refractivity contribution in [3.63, 3.8) is 0 Å². The Balaban J connectivity index is 0.00000423. The molecule has 0 radical (unpaired) electrons. The van der Waals surface area contributed by atoms with Gasteiger partial charge in [0.25, 0.3) is 0 Å². The van der Waals surface area contributed by atoms with Crippen LogP contribution in [0.4, 0.5) is 34.1 Å². The summed E-state index contributed by atoms with van der Waals surface area (Å²) in [6.07, 6.45) is 0.936. The molecule has 43 heavy (non-hydrogen) atoms. The van der Waals surface area contributed by atoms with Gasteiger partial charge in [-0.15, -0.1) is 0 Å². The molecule has 218 valence electrons. The van der Waals surface area contributed by atoms with Crippen LogP contribution in [0.3, 0.4) is 0 Å². The van der Waals surface area contributed by atoms with Crippen molar-refractivity contribution in [2.45, 2.75) is 6.61 Å². The van der Waals surface area contributed by atoms with Gasteiger partial charge in [0.1, 0.15) is 5.75 Å². The van der Waals surface area contributed by atoms with Crippen LogP contribution in [0.25, 0.3) is 0 Å². The van der Waals surface area contributed by atoms with Crippen molar-refractivity contribution < 1.29 is 41.0 Å². The standard InChI is InChI=1S/C36H37N4O2.U/c1-39(33-19-15-31(16-20-33)37-29-9-5-3-6-10-29)25-36(42-27-28-13-23-35(41)24-14-28)26-40(2)34-21-17-32(18-22-34)38-30-11-7-4-8-12-30;/h3-24,37-38,41H,25-27H2,1-2H3;/q-1;. The molecule has 6 nitrogen and oxygen atoms in total. The minimum Gasteiger partial charge on any atom is -0.542 e. The summed E-state index contributed by atoms with van der Waals surface area (Å²) in [5.41, 5.74) is 7.39. The van der Waals surface area contributed by atoms with E-state index in [1.807, 2.05) is 48.5 Å². The van der Waals surface area contributed by atoms with Crippen LogP contribution in [0.5, 0.6) is 5.75 Å². The Kier molecular flexibility index (Phi) is 12.0. The van der Waals surface area contributed by atoms with E-state index in [2.05, 4.69) is 107 Å². The molecule has 0 fully saturated rings. The molecule has 0 unspecified atom stereocenters. The molecular weight excluding hydrogens is 758 g/mol. The number of rotatable bonds is 13. The molecule has 0 atom stereocenters. The summed E-state index contributed by atoms with van der Waals surface area (Å²) in [4.78, 5) is 4.39. The maximum Gasteiger partial charge on any atom is 0.115 e. The Hall–Kier alpha value is -3.89. The molecule has 0 saturated heterocycles. The minimum absolute atomic E-state index is 0. The average molecular weight is 796 g/mol. The van der Waals surface area contributed by atoms with E-state index in [4.69, 9.17) is 4.74 Å². The predicted molar refractivity (Wildman–Crippen MR) is 175 cm³/mol. The van der Waals surface area contributed by atoms with Crippen LogP contribution in [-0.4, -0.2) is 32.3 Å². The molecule has 0 bridgehead atoms. The molecule has 0 spiro atoms. The molecule has 0 saturated carbocycles. The van der Waals surface area contributed by atoms with Gasteiger partial charge in [0.05, 0.1) is 0 Å². The SMILES string of the molecule is CN(C[C-](CN(C)c1ccc(Nc2ccccc2)cc1)OCc1ccc(O)cc1)c1ccc(Nc2ccccc2)cc1.[U]. The van der Waals surface area contributed by atoms with Crippen LogP contribution in [0.15, 0.2) is 133 Å². The van der Waals surface area contributed by atoms with Crippen molar-refractivity contribution in [3.8, 4) is 5.75 Å². The number of anilines is 6. The van der Waals surface area contributed by atoms with Gasteiger partial charge < -0.3 is 30.3 Å². The smallest absolute Gasteiger partial charge is 0.115 e. The van der Waals surface area contributed by atoms with Crippen molar-refractivity contribution in [3.05, 3.63) is 145 Å². The molecule has 0 aliphatic rings. The third-order valence-electron chi connectivity index (χ3n) is 6.95. The van der Waals surface area contributed by atoms with E-state index in [-0.39, 0.29) is 36.9 Å².